The summed E-state index contributed by atoms with van der Waals surface area (Å²) in [6.07, 6.45) is 3.89. The van der Waals surface area contributed by atoms with Gasteiger partial charge in [-0.25, -0.2) is 9.78 Å². The van der Waals surface area contributed by atoms with Gasteiger partial charge in [0.15, 0.2) is 0 Å². The predicted octanol–water partition coefficient (Wildman–Crippen LogP) is 2.60. The maximum atomic E-state index is 12.6. The van der Waals surface area contributed by atoms with Gasteiger partial charge in [0, 0.05) is 76.1 Å². The Labute approximate surface area is 211 Å². The number of carbonyl (C=O) groups is 1. The Morgan fingerprint density at radius 3 is 2.64 bits per heavy atom. The number of aryl methyl sites for hydroxylation is 3. The van der Waals surface area contributed by atoms with E-state index in [0.717, 1.165) is 80.2 Å². The number of piperazine rings is 1. The molecule has 3 aromatic rings. The van der Waals surface area contributed by atoms with Crippen LogP contribution in [0.5, 0.6) is 0 Å². The molecule has 0 N–H and O–H groups in total. The first-order chi connectivity index (χ1) is 17.5. The molecule has 0 aliphatic carbocycles. The second kappa shape index (κ2) is 10.4. The number of pyridine rings is 1. The van der Waals surface area contributed by atoms with E-state index >= 15 is 0 Å². The lowest BCUT2D eigenvalue weighted by atomic mass is 9.96. The number of imidazole rings is 1. The molecular weight excluding hydrogens is 456 g/mol. The summed E-state index contributed by atoms with van der Waals surface area (Å²) in [5.41, 5.74) is 4.05. The average Bonchev–Trinajstić information content (AvgIpc) is 3.25. The fourth-order valence-electron chi connectivity index (χ4n) is 5.47. The molecule has 192 valence electrons. The third kappa shape index (κ3) is 4.77. The topological polar surface area (TPSA) is 75.8 Å². The van der Waals surface area contributed by atoms with Crippen LogP contribution in [-0.4, -0.2) is 82.9 Å². The van der Waals surface area contributed by atoms with Crippen molar-refractivity contribution < 1.29 is 9.53 Å². The number of rotatable bonds is 6. The molecule has 1 atom stereocenters. The van der Waals surface area contributed by atoms with Crippen molar-refractivity contribution in [2.75, 3.05) is 51.8 Å². The van der Waals surface area contributed by atoms with Crippen LogP contribution in [0.1, 0.15) is 24.7 Å². The summed E-state index contributed by atoms with van der Waals surface area (Å²) in [6, 6.07) is 9.46. The first kappa shape index (κ1) is 24.5. The largest absolute Gasteiger partial charge is 0.452 e. The fraction of sp³-hybridized carbons (Fsp3) is 0.519. The Morgan fingerprint density at radius 2 is 1.89 bits per heavy atom. The third-order valence-corrected chi connectivity index (χ3v) is 7.67. The molecule has 9 nitrogen and oxygen atoms in total. The number of hydrogen-bond acceptors (Lipinski definition) is 6. The molecule has 2 aromatic heterocycles. The van der Waals surface area contributed by atoms with Crippen molar-refractivity contribution in [3.8, 4) is 0 Å². The van der Waals surface area contributed by atoms with Gasteiger partial charge in [-0.15, -0.1) is 0 Å². The van der Waals surface area contributed by atoms with Gasteiger partial charge in [-0.05, 0) is 45.0 Å². The minimum Gasteiger partial charge on any atom is -0.452 e. The van der Waals surface area contributed by atoms with E-state index in [1.807, 2.05) is 18.3 Å². The van der Waals surface area contributed by atoms with Gasteiger partial charge in [0.05, 0.1) is 23.8 Å². The van der Waals surface area contributed by atoms with Crippen molar-refractivity contribution in [3.63, 3.8) is 0 Å². The Bertz CT molecular complexity index is 1290. The van der Waals surface area contributed by atoms with Crippen molar-refractivity contribution in [3.05, 3.63) is 58.3 Å². The van der Waals surface area contributed by atoms with Gasteiger partial charge >= 0.3 is 6.09 Å². The Morgan fingerprint density at radius 1 is 1.08 bits per heavy atom. The SMILES string of the molecule is COC(=O)N1c2ccc3c(nc(CCn4ccccc4=O)n3CCN3CCN(C)CC3)c2CC[C@@H]1C. The van der Waals surface area contributed by atoms with Crippen LogP contribution in [0.3, 0.4) is 0 Å². The zero-order valence-corrected chi connectivity index (χ0v) is 21.5. The van der Waals surface area contributed by atoms with Crippen LogP contribution < -0.4 is 10.5 Å². The summed E-state index contributed by atoms with van der Waals surface area (Å²) in [5.74, 6) is 0.978. The number of methoxy groups -OCH3 is 1. The summed E-state index contributed by atoms with van der Waals surface area (Å²) in [4.78, 5) is 36.6. The summed E-state index contributed by atoms with van der Waals surface area (Å²) in [6.45, 7) is 8.74. The normalized spacial score (nSPS) is 19.0. The number of carbonyl (C=O) groups excluding carboxylic acids is 1. The van der Waals surface area contributed by atoms with Crippen LogP contribution in [0.2, 0.25) is 0 Å². The van der Waals surface area contributed by atoms with Crippen molar-refractivity contribution in [2.24, 2.45) is 0 Å². The van der Waals surface area contributed by atoms with Gasteiger partial charge in [-0.2, -0.15) is 0 Å². The number of likely N-dealkylation sites (N-methyl/N-ethyl adjacent to an activating group) is 1. The van der Waals surface area contributed by atoms with E-state index in [1.54, 1.807) is 21.6 Å². The molecule has 1 aromatic carbocycles. The summed E-state index contributed by atoms with van der Waals surface area (Å²) >= 11 is 0. The van der Waals surface area contributed by atoms with E-state index in [1.165, 1.54) is 7.11 Å². The maximum absolute atomic E-state index is 12.6. The van der Waals surface area contributed by atoms with Gasteiger partial charge in [-0.1, -0.05) is 6.07 Å². The summed E-state index contributed by atoms with van der Waals surface area (Å²) in [7, 11) is 3.60. The number of benzene rings is 1. The van der Waals surface area contributed by atoms with Crippen molar-refractivity contribution >= 4 is 22.8 Å². The maximum Gasteiger partial charge on any atom is 0.414 e. The number of nitrogens with zero attached hydrogens (tertiary/aromatic N) is 6. The number of amides is 1. The average molecular weight is 493 g/mol. The van der Waals surface area contributed by atoms with Crippen molar-refractivity contribution in [1.82, 2.24) is 23.9 Å². The second-order valence-electron chi connectivity index (χ2n) is 9.97. The molecular formula is C27H36N6O3. The lowest BCUT2D eigenvalue weighted by Gasteiger charge is -2.34. The van der Waals surface area contributed by atoms with Crippen LogP contribution in [0, 0.1) is 0 Å². The predicted molar refractivity (Wildman–Crippen MR) is 141 cm³/mol. The minimum atomic E-state index is -0.332. The molecule has 0 radical (unpaired) electrons. The monoisotopic (exact) mass is 492 g/mol. The van der Waals surface area contributed by atoms with Crippen LogP contribution in [0.4, 0.5) is 10.5 Å². The van der Waals surface area contributed by atoms with E-state index in [0.29, 0.717) is 13.0 Å². The highest BCUT2D eigenvalue weighted by molar-refractivity contribution is 5.95. The van der Waals surface area contributed by atoms with Gasteiger partial charge < -0.3 is 18.8 Å². The Hall–Kier alpha value is -3.17. The lowest BCUT2D eigenvalue weighted by molar-refractivity contribution is 0.150. The molecule has 0 spiro atoms. The highest BCUT2D eigenvalue weighted by atomic mass is 16.5. The smallest absolute Gasteiger partial charge is 0.414 e. The second-order valence-corrected chi connectivity index (χ2v) is 9.97. The highest BCUT2D eigenvalue weighted by Gasteiger charge is 2.31. The zero-order valence-electron chi connectivity index (χ0n) is 21.5. The number of ether oxygens (including phenoxy) is 1. The molecule has 5 rings (SSSR count). The van der Waals surface area contributed by atoms with Gasteiger partial charge in [0.2, 0.25) is 0 Å². The lowest BCUT2D eigenvalue weighted by Crippen LogP contribution is -2.45. The fourth-order valence-corrected chi connectivity index (χ4v) is 5.47. The molecule has 1 saturated heterocycles. The van der Waals surface area contributed by atoms with Crippen molar-refractivity contribution in [1.29, 1.82) is 0 Å². The van der Waals surface area contributed by atoms with Crippen LogP contribution in [-0.2, 0) is 30.7 Å². The first-order valence-electron chi connectivity index (χ1n) is 12.9. The molecule has 1 fully saturated rings. The Kier molecular flexibility index (Phi) is 7.11. The van der Waals surface area contributed by atoms with Crippen LogP contribution in [0.15, 0.2) is 41.3 Å². The highest BCUT2D eigenvalue weighted by Crippen LogP contribution is 2.36. The van der Waals surface area contributed by atoms with Crippen molar-refractivity contribution in [2.45, 2.75) is 45.3 Å². The van der Waals surface area contributed by atoms with E-state index in [4.69, 9.17) is 9.72 Å². The van der Waals surface area contributed by atoms with Crippen LogP contribution >= 0.6 is 0 Å². The molecule has 0 bridgehead atoms. The molecule has 2 aliphatic heterocycles. The quantitative estimate of drug-likeness (QED) is 0.527. The van der Waals surface area contributed by atoms with Gasteiger partial charge in [0.25, 0.3) is 5.56 Å². The van der Waals surface area contributed by atoms with E-state index in [9.17, 15) is 9.59 Å². The first-order valence-corrected chi connectivity index (χ1v) is 12.9. The Balaban J connectivity index is 1.50. The molecule has 1 amide bonds. The minimum absolute atomic E-state index is 0.00214. The van der Waals surface area contributed by atoms with E-state index in [2.05, 4.69) is 34.4 Å². The molecule has 9 heteroatoms. The van der Waals surface area contributed by atoms with E-state index in [-0.39, 0.29) is 17.7 Å². The number of hydrogen-bond donors (Lipinski definition) is 0. The number of anilines is 1. The molecule has 0 saturated carbocycles. The molecule has 36 heavy (non-hydrogen) atoms. The third-order valence-electron chi connectivity index (χ3n) is 7.67. The van der Waals surface area contributed by atoms with Gasteiger partial charge in [-0.3, -0.25) is 14.6 Å². The molecule has 4 heterocycles. The summed E-state index contributed by atoms with van der Waals surface area (Å²) < 4.78 is 9.15. The molecule has 0 unspecified atom stereocenters. The van der Waals surface area contributed by atoms with Gasteiger partial charge in [0.1, 0.15) is 5.82 Å². The van der Waals surface area contributed by atoms with Crippen LogP contribution in [0.25, 0.3) is 11.0 Å². The zero-order chi connectivity index (χ0) is 25.2. The number of fused-ring (bicyclic) bond motifs is 3. The number of aromatic nitrogens is 3. The standard InChI is InChI=1S/C27H36N6O3/c1-20-7-8-21-22(33(20)27(35)36-3)9-10-23-26(21)28-24(11-13-31-12-5-4-6-25(31)34)32(23)19-18-30-16-14-29(2)15-17-30/h4-6,9-10,12,20H,7-8,11,13-19H2,1-3H3/t20-/m0/s1. The molecule has 2 aliphatic rings. The summed E-state index contributed by atoms with van der Waals surface area (Å²) in [5, 5.41) is 0. The van der Waals surface area contributed by atoms with E-state index < -0.39 is 0 Å².